The van der Waals surface area contributed by atoms with Gasteiger partial charge in [-0.2, -0.15) is 0 Å². The number of rotatable bonds is 7. The van der Waals surface area contributed by atoms with Crippen LogP contribution in [-0.2, 0) is 14.9 Å². The Labute approximate surface area is 167 Å². The van der Waals surface area contributed by atoms with Crippen molar-refractivity contribution in [3.8, 4) is 0 Å². The molecule has 2 heterocycles. The van der Waals surface area contributed by atoms with E-state index in [9.17, 15) is 9.18 Å². The van der Waals surface area contributed by atoms with Crippen LogP contribution in [0.2, 0.25) is 0 Å². The first-order chi connectivity index (χ1) is 13.6. The average Bonchev–Trinajstić information content (AvgIpc) is 3.46. The Bertz CT molecular complexity index is 835. The van der Waals surface area contributed by atoms with Gasteiger partial charge in [-0.3, -0.25) is 4.79 Å². The normalized spacial score (nSPS) is 19.9. The van der Waals surface area contributed by atoms with Crippen molar-refractivity contribution >= 4 is 17.7 Å². The Morgan fingerprint density at radius 3 is 2.93 bits per heavy atom. The first-order valence-electron chi connectivity index (χ1n) is 9.63. The van der Waals surface area contributed by atoms with E-state index in [1.54, 1.807) is 16.8 Å². The number of carbonyl (C=O) groups excluding carboxylic acids is 1. The van der Waals surface area contributed by atoms with Crippen LogP contribution >= 0.6 is 11.8 Å². The second-order valence-electron chi connectivity index (χ2n) is 7.52. The number of nitrogens with zero attached hydrogens (tertiary/aromatic N) is 4. The van der Waals surface area contributed by atoms with Gasteiger partial charge in [0.15, 0.2) is 0 Å². The fourth-order valence-corrected chi connectivity index (χ4v) is 4.45. The molecule has 1 atom stereocenters. The lowest BCUT2D eigenvalue weighted by Crippen LogP contribution is -2.46. The van der Waals surface area contributed by atoms with E-state index in [4.69, 9.17) is 4.74 Å². The van der Waals surface area contributed by atoms with Crippen molar-refractivity contribution in [1.82, 2.24) is 25.5 Å². The number of hydrogen-bond donors (Lipinski definition) is 1. The molecule has 1 saturated heterocycles. The molecule has 1 aromatic heterocycles. The van der Waals surface area contributed by atoms with Crippen LogP contribution in [0, 0.1) is 5.82 Å². The molecule has 1 saturated carbocycles. The van der Waals surface area contributed by atoms with Gasteiger partial charge in [0.25, 0.3) is 0 Å². The minimum Gasteiger partial charge on any atom is -0.381 e. The van der Waals surface area contributed by atoms with Crippen LogP contribution in [0.1, 0.15) is 44.2 Å². The van der Waals surface area contributed by atoms with Crippen molar-refractivity contribution in [2.75, 3.05) is 19.8 Å². The van der Waals surface area contributed by atoms with E-state index in [-0.39, 0.29) is 22.4 Å². The number of halogens is 1. The zero-order valence-electron chi connectivity index (χ0n) is 15.8. The van der Waals surface area contributed by atoms with E-state index >= 15 is 0 Å². The molecule has 1 aliphatic heterocycles. The number of benzene rings is 1. The second-order valence-corrected chi connectivity index (χ2v) is 8.83. The van der Waals surface area contributed by atoms with E-state index in [2.05, 4.69) is 20.8 Å². The highest BCUT2D eigenvalue weighted by atomic mass is 32.2. The number of hydrogen-bond acceptors (Lipinski definition) is 6. The molecule has 1 unspecified atom stereocenters. The third-order valence-corrected chi connectivity index (χ3v) is 6.54. The van der Waals surface area contributed by atoms with Gasteiger partial charge in [0.05, 0.1) is 11.3 Å². The highest BCUT2D eigenvalue weighted by molar-refractivity contribution is 8.00. The fourth-order valence-electron chi connectivity index (χ4n) is 3.57. The van der Waals surface area contributed by atoms with Gasteiger partial charge >= 0.3 is 0 Å². The van der Waals surface area contributed by atoms with Crippen LogP contribution in [0.4, 0.5) is 4.39 Å². The number of tetrazole rings is 1. The summed E-state index contributed by atoms with van der Waals surface area (Å²) in [5, 5.41) is 15.2. The maximum absolute atomic E-state index is 13.8. The van der Waals surface area contributed by atoms with Gasteiger partial charge in [0.2, 0.25) is 11.1 Å². The molecular formula is C19H24FN5O2S. The molecule has 1 amide bonds. The number of nitrogens with one attached hydrogen (secondary N) is 1. The van der Waals surface area contributed by atoms with Gasteiger partial charge in [-0.05, 0) is 60.7 Å². The van der Waals surface area contributed by atoms with Crippen LogP contribution in [0.15, 0.2) is 29.4 Å². The monoisotopic (exact) mass is 405 g/mol. The third kappa shape index (κ3) is 4.20. The van der Waals surface area contributed by atoms with Crippen LogP contribution in [-0.4, -0.2) is 51.1 Å². The summed E-state index contributed by atoms with van der Waals surface area (Å²) in [6, 6.07) is 7.03. The van der Waals surface area contributed by atoms with Crippen molar-refractivity contribution < 1.29 is 13.9 Å². The van der Waals surface area contributed by atoms with Crippen molar-refractivity contribution in [2.45, 2.75) is 54.5 Å². The molecule has 7 nitrogen and oxygen atoms in total. The highest BCUT2D eigenvalue weighted by Crippen LogP contribution is 2.37. The molecule has 1 aromatic carbocycles. The predicted octanol–water partition coefficient (Wildman–Crippen LogP) is 2.49. The molecule has 0 spiro atoms. The van der Waals surface area contributed by atoms with E-state index in [1.807, 2.05) is 13.0 Å². The Hall–Kier alpha value is -2.00. The summed E-state index contributed by atoms with van der Waals surface area (Å²) in [5.41, 5.74) is 0.602. The second kappa shape index (κ2) is 8.16. The van der Waals surface area contributed by atoms with E-state index in [0.29, 0.717) is 31.0 Å². The topological polar surface area (TPSA) is 81.9 Å². The lowest BCUT2D eigenvalue weighted by Gasteiger charge is -2.38. The van der Waals surface area contributed by atoms with Crippen molar-refractivity contribution in [3.63, 3.8) is 0 Å². The highest BCUT2D eigenvalue weighted by Gasteiger charge is 2.36. The molecule has 2 aromatic rings. The van der Waals surface area contributed by atoms with Gasteiger partial charge < -0.3 is 10.1 Å². The lowest BCUT2D eigenvalue weighted by molar-refractivity contribution is -0.120. The molecule has 1 N–H and O–H groups in total. The first-order valence-corrected chi connectivity index (χ1v) is 10.5. The van der Waals surface area contributed by atoms with Crippen LogP contribution in [0.3, 0.4) is 0 Å². The molecule has 28 heavy (non-hydrogen) atoms. The van der Waals surface area contributed by atoms with Crippen LogP contribution < -0.4 is 5.32 Å². The smallest absolute Gasteiger partial charge is 0.233 e. The number of aromatic nitrogens is 4. The van der Waals surface area contributed by atoms with Gasteiger partial charge in [-0.15, -0.1) is 5.10 Å². The Morgan fingerprint density at radius 1 is 1.43 bits per heavy atom. The summed E-state index contributed by atoms with van der Waals surface area (Å²) in [4.78, 5) is 12.7. The summed E-state index contributed by atoms with van der Waals surface area (Å²) >= 11 is 1.37. The molecule has 2 aliphatic rings. The summed E-state index contributed by atoms with van der Waals surface area (Å²) < 4.78 is 21.1. The predicted molar refractivity (Wildman–Crippen MR) is 103 cm³/mol. The van der Waals surface area contributed by atoms with E-state index in [1.165, 1.54) is 17.8 Å². The SMILES string of the molecule is CC(Sc1nnnn1C1CC1)C(=O)NCC1(c2cccc(F)c2)CCOCC1. The van der Waals surface area contributed by atoms with E-state index in [0.717, 1.165) is 31.2 Å². The van der Waals surface area contributed by atoms with E-state index < -0.39 is 0 Å². The Kier molecular flexibility index (Phi) is 5.63. The number of carbonyl (C=O) groups is 1. The quantitative estimate of drug-likeness (QED) is 0.713. The Morgan fingerprint density at radius 2 is 2.21 bits per heavy atom. The maximum Gasteiger partial charge on any atom is 0.233 e. The number of ether oxygens (including phenoxy) is 1. The number of amides is 1. The molecule has 4 rings (SSSR count). The molecule has 9 heteroatoms. The van der Waals surface area contributed by atoms with Gasteiger partial charge in [-0.25, -0.2) is 9.07 Å². The van der Waals surface area contributed by atoms with Gasteiger partial charge in [0, 0.05) is 25.2 Å². The minimum atomic E-state index is -0.326. The molecule has 2 fully saturated rings. The van der Waals surface area contributed by atoms with Gasteiger partial charge in [0.1, 0.15) is 5.82 Å². The molecular weight excluding hydrogens is 381 g/mol. The molecule has 0 bridgehead atoms. The summed E-state index contributed by atoms with van der Waals surface area (Å²) in [5.74, 6) is -0.330. The third-order valence-electron chi connectivity index (χ3n) is 5.49. The van der Waals surface area contributed by atoms with Crippen LogP contribution in [0.25, 0.3) is 0 Å². The molecule has 150 valence electrons. The lowest BCUT2D eigenvalue weighted by atomic mass is 9.74. The fraction of sp³-hybridized carbons (Fsp3) is 0.579. The Balaban J connectivity index is 1.41. The largest absolute Gasteiger partial charge is 0.381 e. The first kappa shape index (κ1) is 19.3. The standard InChI is InChI=1S/C19H24FN5O2S/c1-13(28-18-22-23-24-25(18)16-5-6-16)17(26)21-12-19(7-9-27-10-8-19)14-3-2-4-15(20)11-14/h2-4,11,13,16H,5-10,12H2,1H3,(H,21,26). The summed E-state index contributed by atoms with van der Waals surface area (Å²) in [7, 11) is 0. The summed E-state index contributed by atoms with van der Waals surface area (Å²) in [6.07, 6.45) is 3.66. The summed E-state index contributed by atoms with van der Waals surface area (Å²) in [6.45, 7) is 3.52. The van der Waals surface area contributed by atoms with Crippen molar-refractivity contribution in [2.24, 2.45) is 0 Å². The van der Waals surface area contributed by atoms with Crippen LogP contribution in [0.5, 0.6) is 0 Å². The molecule has 1 aliphatic carbocycles. The molecule has 0 radical (unpaired) electrons. The minimum absolute atomic E-state index is 0.0717. The zero-order valence-corrected chi connectivity index (χ0v) is 16.6. The van der Waals surface area contributed by atoms with Crippen molar-refractivity contribution in [1.29, 1.82) is 0 Å². The maximum atomic E-state index is 13.8. The van der Waals surface area contributed by atoms with Gasteiger partial charge in [-0.1, -0.05) is 23.9 Å². The number of thioether (sulfide) groups is 1. The average molecular weight is 405 g/mol. The van der Waals surface area contributed by atoms with Crippen molar-refractivity contribution in [3.05, 3.63) is 35.6 Å². The zero-order chi connectivity index (χ0) is 19.6.